The number of benzene rings is 1. The fraction of sp³-hybridized carbons (Fsp3) is 0.222. The maximum absolute atomic E-state index is 5.35. The molecule has 0 amide bonds. The average molecular weight is 178 g/mol. The van der Waals surface area contributed by atoms with E-state index in [-0.39, 0.29) is 0 Å². The highest BCUT2D eigenvalue weighted by Crippen LogP contribution is 2.19. The summed E-state index contributed by atoms with van der Waals surface area (Å²) in [7, 11) is 0. The molecule has 13 heavy (non-hydrogen) atoms. The SMILES string of the molecule is Cc1nc2c(CON)cccc2o1. The molecular formula is C9H10N2O2. The monoisotopic (exact) mass is 178 g/mol. The second-order valence-electron chi connectivity index (χ2n) is 2.81. The molecule has 0 unspecified atom stereocenters. The molecule has 0 aliphatic carbocycles. The van der Waals surface area contributed by atoms with Crippen LogP contribution in [0.15, 0.2) is 22.6 Å². The topological polar surface area (TPSA) is 61.3 Å². The molecule has 2 N–H and O–H groups in total. The van der Waals surface area contributed by atoms with Crippen LogP contribution >= 0.6 is 0 Å². The first kappa shape index (κ1) is 8.22. The van der Waals surface area contributed by atoms with Crippen LogP contribution in [0.5, 0.6) is 0 Å². The fourth-order valence-corrected chi connectivity index (χ4v) is 1.32. The number of nitrogens with zero attached hydrogens (tertiary/aromatic N) is 1. The molecule has 0 radical (unpaired) electrons. The summed E-state index contributed by atoms with van der Waals surface area (Å²) in [5, 5.41) is 0. The van der Waals surface area contributed by atoms with Crippen molar-refractivity contribution in [1.82, 2.24) is 4.98 Å². The van der Waals surface area contributed by atoms with Gasteiger partial charge in [-0.2, -0.15) is 0 Å². The number of nitrogens with two attached hydrogens (primary N) is 1. The number of hydrogen-bond acceptors (Lipinski definition) is 4. The Labute approximate surface area is 75.3 Å². The molecule has 0 saturated carbocycles. The Hall–Kier alpha value is -1.39. The molecule has 0 bridgehead atoms. The van der Waals surface area contributed by atoms with Crippen LogP contribution in [-0.2, 0) is 11.4 Å². The highest BCUT2D eigenvalue weighted by Gasteiger charge is 2.06. The minimum Gasteiger partial charge on any atom is -0.441 e. The summed E-state index contributed by atoms with van der Waals surface area (Å²) in [6.45, 7) is 2.16. The molecule has 0 aliphatic rings. The van der Waals surface area contributed by atoms with E-state index >= 15 is 0 Å². The smallest absolute Gasteiger partial charge is 0.192 e. The molecule has 0 spiro atoms. The number of oxazole rings is 1. The number of para-hydroxylation sites is 1. The third-order valence-corrected chi connectivity index (χ3v) is 1.85. The second-order valence-corrected chi connectivity index (χ2v) is 2.81. The molecule has 2 aromatic rings. The van der Waals surface area contributed by atoms with E-state index in [4.69, 9.17) is 10.3 Å². The minimum atomic E-state index is 0.351. The van der Waals surface area contributed by atoms with Gasteiger partial charge in [0.15, 0.2) is 11.5 Å². The lowest BCUT2D eigenvalue weighted by molar-refractivity contribution is 0.125. The Balaban J connectivity index is 2.60. The molecule has 0 aliphatic heterocycles. The number of fused-ring (bicyclic) bond motifs is 1. The zero-order valence-electron chi connectivity index (χ0n) is 7.28. The quantitative estimate of drug-likeness (QED) is 0.708. The summed E-state index contributed by atoms with van der Waals surface area (Å²) in [5.41, 5.74) is 2.54. The predicted octanol–water partition coefficient (Wildman–Crippen LogP) is 1.53. The van der Waals surface area contributed by atoms with Crippen molar-refractivity contribution in [3.05, 3.63) is 29.7 Å². The maximum atomic E-state index is 5.35. The Morgan fingerprint density at radius 1 is 1.54 bits per heavy atom. The highest BCUT2D eigenvalue weighted by molar-refractivity contribution is 5.76. The van der Waals surface area contributed by atoms with Crippen LogP contribution in [0.25, 0.3) is 11.1 Å². The lowest BCUT2D eigenvalue weighted by atomic mass is 10.2. The van der Waals surface area contributed by atoms with Gasteiger partial charge in [0.25, 0.3) is 0 Å². The molecule has 2 rings (SSSR count). The van der Waals surface area contributed by atoms with Gasteiger partial charge in [-0.3, -0.25) is 4.84 Å². The largest absolute Gasteiger partial charge is 0.441 e. The number of rotatable bonds is 2. The summed E-state index contributed by atoms with van der Waals surface area (Å²) in [6, 6.07) is 5.67. The third kappa shape index (κ3) is 1.41. The van der Waals surface area contributed by atoms with Crippen molar-refractivity contribution in [3.63, 3.8) is 0 Å². The molecule has 4 nitrogen and oxygen atoms in total. The molecule has 0 fully saturated rings. The lowest BCUT2D eigenvalue weighted by Gasteiger charge is -1.97. The minimum absolute atomic E-state index is 0.351. The molecule has 1 heterocycles. The van der Waals surface area contributed by atoms with Crippen LogP contribution < -0.4 is 5.90 Å². The molecule has 0 atom stereocenters. The first-order valence-corrected chi connectivity index (χ1v) is 3.98. The zero-order chi connectivity index (χ0) is 9.26. The van der Waals surface area contributed by atoms with Crippen molar-refractivity contribution in [1.29, 1.82) is 0 Å². The van der Waals surface area contributed by atoms with E-state index in [1.54, 1.807) is 0 Å². The van der Waals surface area contributed by atoms with Gasteiger partial charge in [-0.25, -0.2) is 10.9 Å². The third-order valence-electron chi connectivity index (χ3n) is 1.85. The van der Waals surface area contributed by atoms with Crippen LogP contribution in [0.3, 0.4) is 0 Å². The fourth-order valence-electron chi connectivity index (χ4n) is 1.32. The van der Waals surface area contributed by atoms with Gasteiger partial charge >= 0.3 is 0 Å². The Morgan fingerprint density at radius 3 is 3.15 bits per heavy atom. The van der Waals surface area contributed by atoms with Crippen molar-refractivity contribution in [2.45, 2.75) is 13.5 Å². The number of hydrogen-bond donors (Lipinski definition) is 1. The normalized spacial score (nSPS) is 10.9. The van der Waals surface area contributed by atoms with E-state index in [1.807, 2.05) is 25.1 Å². The molecule has 1 aromatic heterocycles. The lowest BCUT2D eigenvalue weighted by Crippen LogP contribution is -1.99. The van der Waals surface area contributed by atoms with Gasteiger partial charge < -0.3 is 4.42 Å². The predicted molar refractivity (Wildman–Crippen MR) is 47.7 cm³/mol. The zero-order valence-corrected chi connectivity index (χ0v) is 7.28. The van der Waals surface area contributed by atoms with Gasteiger partial charge in [0.05, 0.1) is 6.61 Å². The average Bonchev–Trinajstić information content (AvgIpc) is 2.47. The maximum Gasteiger partial charge on any atom is 0.192 e. The first-order chi connectivity index (χ1) is 6.31. The summed E-state index contributed by atoms with van der Waals surface area (Å²) in [4.78, 5) is 8.79. The highest BCUT2D eigenvalue weighted by atomic mass is 16.6. The van der Waals surface area contributed by atoms with Crippen molar-refractivity contribution in [3.8, 4) is 0 Å². The van der Waals surface area contributed by atoms with E-state index in [1.165, 1.54) is 0 Å². The Kier molecular flexibility index (Phi) is 2.00. The van der Waals surface area contributed by atoms with Crippen LogP contribution in [-0.4, -0.2) is 4.98 Å². The van der Waals surface area contributed by atoms with E-state index in [9.17, 15) is 0 Å². The van der Waals surface area contributed by atoms with Gasteiger partial charge in [0.2, 0.25) is 0 Å². The first-order valence-electron chi connectivity index (χ1n) is 3.98. The molecule has 0 saturated heterocycles. The van der Waals surface area contributed by atoms with Crippen LogP contribution in [0.1, 0.15) is 11.5 Å². The molecular weight excluding hydrogens is 168 g/mol. The van der Waals surface area contributed by atoms with Crippen LogP contribution in [0, 0.1) is 6.92 Å². The summed E-state index contributed by atoms with van der Waals surface area (Å²) in [5.74, 6) is 5.65. The van der Waals surface area contributed by atoms with E-state index < -0.39 is 0 Å². The number of aromatic nitrogens is 1. The Morgan fingerprint density at radius 2 is 2.38 bits per heavy atom. The molecule has 4 heteroatoms. The standard InChI is InChI=1S/C9H10N2O2/c1-6-11-9-7(5-12-10)3-2-4-8(9)13-6/h2-4H,5,10H2,1H3. The van der Waals surface area contributed by atoms with E-state index in [0.29, 0.717) is 12.5 Å². The van der Waals surface area contributed by atoms with Gasteiger partial charge in [0.1, 0.15) is 5.52 Å². The summed E-state index contributed by atoms with van der Waals surface area (Å²) >= 11 is 0. The van der Waals surface area contributed by atoms with Gasteiger partial charge in [-0.15, -0.1) is 0 Å². The van der Waals surface area contributed by atoms with Crippen molar-refractivity contribution >= 4 is 11.1 Å². The van der Waals surface area contributed by atoms with Crippen LogP contribution in [0.4, 0.5) is 0 Å². The summed E-state index contributed by atoms with van der Waals surface area (Å²) in [6.07, 6.45) is 0. The summed E-state index contributed by atoms with van der Waals surface area (Å²) < 4.78 is 5.35. The van der Waals surface area contributed by atoms with Crippen molar-refractivity contribution < 1.29 is 9.25 Å². The van der Waals surface area contributed by atoms with Gasteiger partial charge in [-0.05, 0) is 6.07 Å². The van der Waals surface area contributed by atoms with Gasteiger partial charge in [-0.1, -0.05) is 12.1 Å². The second kappa shape index (κ2) is 3.16. The Bertz CT molecular complexity index is 422. The van der Waals surface area contributed by atoms with E-state index in [0.717, 1.165) is 16.7 Å². The van der Waals surface area contributed by atoms with E-state index in [2.05, 4.69) is 9.82 Å². The van der Waals surface area contributed by atoms with Crippen LogP contribution in [0.2, 0.25) is 0 Å². The number of aryl methyl sites for hydroxylation is 1. The van der Waals surface area contributed by atoms with Crippen molar-refractivity contribution in [2.75, 3.05) is 0 Å². The van der Waals surface area contributed by atoms with Crippen molar-refractivity contribution in [2.24, 2.45) is 5.90 Å². The van der Waals surface area contributed by atoms with Gasteiger partial charge in [0, 0.05) is 12.5 Å². The molecule has 1 aromatic carbocycles. The molecule has 68 valence electrons.